The van der Waals surface area contributed by atoms with Crippen LogP contribution in [-0.2, 0) is 0 Å². The van der Waals surface area contributed by atoms with Crippen molar-refractivity contribution in [3.05, 3.63) is 65.4 Å². The van der Waals surface area contributed by atoms with E-state index in [-0.39, 0.29) is 5.91 Å². The molecule has 0 fully saturated rings. The van der Waals surface area contributed by atoms with E-state index < -0.39 is 0 Å². The second kappa shape index (κ2) is 5.14. The molecule has 0 unspecified atom stereocenters. The Labute approximate surface area is 122 Å². The number of hydrogen-bond donors (Lipinski definition) is 2. The molecule has 102 valence electrons. The highest BCUT2D eigenvalue weighted by Crippen LogP contribution is 2.21. The van der Waals surface area contributed by atoms with Gasteiger partial charge in [-0.3, -0.25) is 4.79 Å². The molecule has 0 bridgehead atoms. The molecule has 0 saturated heterocycles. The molecule has 0 radical (unpaired) electrons. The van der Waals surface area contributed by atoms with Crippen LogP contribution >= 0.6 is 0 Å². The highest BCUT2D eigenvalue weighted by molar-refractivity contribution is 6.12. The first kappa shape index (κ1) is 12.9. The van der Waals surface area contributed by atoms with Crippen LogP contribution in [0.15, 0.2) is 48.7 Å². The average Bonchev–Trinajstić information content (AvgIpc) is 2.97. The fourth-order valence-corrected chi connectivity index (χ4v) is 2.30. The Morgan fingerprint density at radius 3 is 2.90 bits per heavy atom. The predicted octanol–water partition coefficient (Wildman–Crippen LogP) is 3.60. The molecule has 21 heavy (non-hydrogen) atoms. The first-order chi connectivity index (χ1) is 10.2. The van der Waals surface area contributed by atoms with Gasteiger partial charge in [-0.2, -0.15) is 5.26 Å². The molecule has 3 rings (SSSR count). The number of carbonyl (C=O) groups excluding carboxylic acids is 1. The summed E-state index contributed by atoms with van der Waals surface area (Å²) in [6, 6.07) is 14.7. The Bertz CT molecular complexity index is 871. The standard InChI is InChI=1S/C17H13N3O/c1-11-5-6-12(10-18)9-16(11)20-17(21)14-3-2-4-15-13(14)7-8-19-15/h2-9,19H,1H3,(H,20,21). The number of H-pyrrole nitrogens is 1. The summed E-state index contributed by atoms with van der Waals surface area (Å²) in [6.45, 7) is 1.90. The fourth-order valence-electron chi connectivity index (χ4n) is 2.30. The van der Waals surface area contributed by atoms with Crippen LogP contribution < -0.4 is 5.32 Å². The molecular weight excluding hydrogens is 262 g/mol. The Morgan fingerprint density at radius 2 is 2.10 bits per heavy atom. The van der Waals surface area contributed by atoms with Gasteiger partial charge in [0, 0.05) is 28.4 Å². The second-order valence-electron chi connectivity index (χ2n) is 4.84. The van der Waals surface area contributed by atoms with Gasteiger partial charge in [-0.1, -0.05) is 12.1 Å². The van der Waals surface area contributed by atoms with Crippen molar-refractivity contribution < 1.29 is 4.79 Å². The third-order valence-corrected chi connectivity index (χ3v) is 3.45. The average molecular weight is 275 g/mol. The van der Waals surface area contributed by atoms with Crippen molar-refractivity contribution in [3.8, 4) is 6.07 Å². The Hall–Kier alpha value is -3.06. The molecule has 3 aromatic rings. The number of benzene rings is 2. The van der Waals surface area contributed by atoms with Crippen LogP contribution in [0.2, 0.25) is 0 Å². The van der Waals surface area contributed by atoms with Crippen LogP contribution in [0.4, 0.5) is 5.69 Å². The van der Waals surface area contributed by atoms with Gasteiger partial charge in [0.2, 0.25) is 0 Å². The van der Waals surface area contributed by atoms with Crippen LogP contribution in [-0.4, -0.2) is 10.9 Å². The van der Waals surface area contributed by atoms with E-state index in [1.165, 1.54) is 0 Å². The fraction of sp³-hybridized carbons (Fsp3) is 0.0588. The van der Waals surface area contributed by atoms with Crippen LogP contribution in [0.1, 0.15) is 21.5 Å². The number of aryl methyl sites for hydroxylation is 1. The Kier molecular flexibility index (Phi) is 3.17. The molecular formula is C17H13N3O. The smallest absolute Gasteiger partial charge is 0.256 e. The minimum Gasteiger partial charge on any atom is -0.361 e. The normalized spacial score (nSPS) is 10.3. The number of aromatic nitrogens is 1. The Morgan fingerprint density at radius 1 is 1.24 bits per heavy atom. The van der Waals surface area contributed by atoms with E-state index in [0.717, 1.165) is 16.5 Å². The largest absolute Gasteiger partial charge is 0.361 e. The van der Waals surface area contributed by atoms with Crippen LogP contribution in [0.3, 0.4) is 0 Å². The van der Waals surface area contributed by atoms with Crippen LogP contribution in [0, 0.1) is 18.3 Å². The molecule has 0 aliphatic rings. The van der Waals surface area contributed by atoms with Crippen molar-refractivity contribution in [2.75, 3.05) is 5.32 Å². The number of amides is 1. The van der Waals surface area contributed by atoms with Gasteiger partial charge in [-0.15, -0.1) is 0 Å². The summed E-state index contributed by atoms with van der Waals surface area (Å²) in [7, 11) is 0. The number of carbonyl (C=O) groups is 1. The van der Waals surface area contributed by atoms with Crippen molar-refractivity contribution in [2.45, 2.75) is 6.92 Å². The van der Waals surface area contributed by atoms with Crippen molar-refractivity contribution in [2.24, 2.45) is 0 Å². The van der Waals surface area contributed by atoms with Crippen molar-refractivity contribution in [1.82, 2.24) is 4.98 Å². The molecule has 2 aromatic carbocycles. The predicted molar refractivity (Wildman–Crippen MR) is 82.1 cm³/mol. The summed E-state index contributed by atoms with van der Waals surface area (Å²) in [5.41, 5.74) is 3.63. The molecule has 4 nitrogen and oxygen atoms in total. The van der Waals surface area contributed by atoms with Crippen molar-refractivity contribution in [1.29, 1.82) is 5.26 Å². The molecule has 0 spiro atoms. The topological polar surface area (TPSA) is 68.7 Å². The molecule has 0 aliphatic carbocycles. The first-order valence-corrected chi connectivity index (χ1v) is 6.57. The number of nitrogens with zero attached hydrogens (tertiary/aromatic N) is 1. The molecule has 0 saturated carbocycles. The monoisotopic (exact) mass is 275 g/mol. The van der Waals surface area contributed by atoms with Gasteiger partial charge in [0.1, 0.15) is 0 Å². The van der Waals surface area contributed by atoms with Crippen LogP contribution in [0.25, 0.3) is 10.9 Å². The zero-order valence-corrected chi connectivity index (χ0v) is 11.5. The minimum absolute atomic E-state index is 0.182. The van der Waals surface area contributed by atoms with Gasteiger partial charge >= 0.3 is 0 Å². The summed E-state index contributed by atoms with van der Waals surface area (Å²) in [5, 5.41) is 12.7. The third kappa shape index (κ3) is 2.37. The van der Waals surface area contributed by atoms with Crippen molar-refractivity contribution in [3.63, 3.8) is 0 Å². The number of nitriles is 1. The number of anilines is 1. The zero-order valence-electron chi connectivity index (χ0n) is 11.5. The lowest BCUT2D eigenvalue weighted by molar-refractivity contribution is 0.102. The summed E-state index contributed by atoms with van der Waals surface area (Å²) in [6.07, 6.45) is 1.81. The molecule has 4 heteroatoms. The van der Waals surface area contributed by atoms with Crippen LogP contribution in [0.5, 0.6) is 0 Å². The molecule has 2 N–H and O–H groups in total. The number of rotatable bonds is 2. The third-order valence-electron chi connectivity index (χ3n) is 3.45. The van der Waals surface area contributed by atoms with E-state index in [1.807, 2.05) is 37.4 Å². The maximum absolute atomic E-state index is 12.5. The molecule has 1 aromatic heterocycles. The first-order valence-electron chi connectivity index (χ1n) is 6.57. The lowest BCUT2D eigenvalue weighted by Gasteiger charge is -2.09. The Balaban J connectivity index is 1.97. The van der Waals surface area contributed by atoms with E-state index in [0.29, 0.717) is 16.8 Å². The van der Waals surface area contributed by atoms with E-state index >= 15 is 0 Å². The van der Waals surface area contributed by atoms with E-state index in [9.17, 15) is 4.79 Å². The molecule has 1 amide bonds. The maximum Gasteiger partial charge on any atom is 0.256 e. The lowest BCUT2D eigenvalue weighted by Crippen LogP contribution is -2.13. The van der Waals surface area contributed by atoms with Gasteiger partial charge in [0.15, 0.2) is 0 Å². The summed E-state index contributed by atoms with van der Waals surface area (Å²) >= 11 is 0. The zero-order chi connectivity index (χ0) is 14.8. The minimum atomic E-state index is -0.182. The molecule has 1 heterocycles. The van der Waals surface area contributed by atoms with E-state index in [1.54, 1.807) is 18.2 Å². The van der Waals surface area contributed by atoms with Gasteiger partial charge in [-0.25, -0.2) is 0 Å². The number of aromatic amines is 1. The highest BCUT2D eigenvalue weighted by Gasteiger charge is 2.12. The maximum atomic E-state index is 12.5. The summed E-state index contributed by atoms with van der Waals surface area (Å²) in [5.74, 6) is -0.182. The lowest BCUT2D eigenvalue weighted by atomic mass is 10.1. The van der Waals surface area contributed by atoms with E-state index in [4.69, 9.17) is 5.26 Å². The molecule has 0 atom stereocenters. The summed E-state index contributed by atoms with van der Waals surface area (Å²) in [4.78, 5) is 15.6. The number of fused-ring (bicyclic) bond motifs is 1. The number of nitrogens with one attached hydrogen (secondary N) is 2. The van der Waals surface area contributed by atoms with Gasteiger partial charge in [0.05, 0.1) is 11.6 Å². The van der Waals surface area contributed by atoms with Gasteiger partial charge in [-0.05, 0) is 42.8 Å². The summed E-state index contributed by atoms with van der Waals surface area (Å²) < 4.78 is 0. The second-order valence-corrected chi connectivity index (χ2v) is 4.84. The molecule has 0 aliphatic heterocycles. The van der Waals surface area contributed by atoms with E-state index in [2.05, 4.69) is 16.4 Å². The van der Waals surface area contributed by atoms with Crippen molar-refractivity contribution >= 4 is 22.5 Å². The highest BCUT2D eigenvalue weighted by atomic mass is 16.1. The quantitative estimate of drug-likeness (QED) is 0.750. The van der Waals surface area contributed by atoms with Gasteiger partial charge < -0.3 is 10.3 Å². The SMILES string of the molecule is Cc1ccc(C#N)cc1NC(=O)c1cccc2[nH]ccc12. The van der Waals surface area contributed by atoms with Gasteiger partial charge in [0.25, 0.3) is 5.91 Å². The number of hydrogen-bond acceptors (Lipinski definition) is 2.